The molecule has 6 rings (SSSR count). The van der Waals surface area contributed by atoms with E-state index in [9.17, 15) is 9.82 Å². The number of hydrogen-bond donors (Lipinski definition) is 2. The zero-order valence-electron chi connectivity index (χ0n) is 20.4. The second-order valence-electron chi connectivity index (χ2n) is 9.90. The molecule has 0 bridgehead atoms. The van der Waals surface area contributed by atoms with E-state index in [1.54, 1.807) is 6.07 Å². The SMILES string of the molecule is Cc1cc(C(C)Nc2ccc(Cl)nc2-c2ccc3c(c2)B(O)OC3)c2oc(C3CC3)c(C)c(=O)c2c1. The van der Waals surface area contributed by atoms with Crippen LogP contribution in [0.5, 0.6) is 0 Å². The number of pyridine rings is 1. The van der Waals surface area contributed by atoms with E-state index in [1.165, 1.54) is 0 Å². The number of fused-ring (bicyclic) bond motifs is 2. The van der Waals surface area contributed by atoms with Crippen molar-refractivity contribution in [3.8, 4) is 11.3 Å². The molecule has 1 aliphatic carbocycles. The summed E-state index contributed by atoms with van der Waals surface area (Å²) in [5.41, 5.74) is 7.29. The number of nitrogens with one attached hydrogen (secondary N) is 1. The van der Waals surface area contributed by atoms with Crippen LogP contribution >= 0.6 is 11.6 Å². The summed E-state index contributed by atoms with van der Waals surface area (Å²) in [5.74, 6) is 1.16. The summed E-state index contributed by atoms with van der Waals surface area (Å²) >= 11 is 6.29. The molecule has 1 atom stereocenters. The highest BCUT2D eigenvalue weighted by Crippen LogP contribution is 2.42. The number of aryl methyl sites for hydroxylation is 1. The van der Waals surface area contributed by atoms with Gasteiger partial charge in [-0.15, -0.1) is 0 Å². The predicted molar refractivity (Wildman–Crippen MR) is 143 cm³/mol. The van der Waals surface area contributed by atoms with Crippen LogP contribution in [0.2, 0.25) is 5.15 Å². The second-order valence-corrected chi connectivity index (χ2v) is 10.3. The highest BCUT2D eigenvalue weighted by molar-refractivity contribution is 6.61. The van der Waals surface area contributed by atoms with Gasteiger partial charge in [-0.2, -0.15) is 0 Å². The number of rotatable bonds is 5. The van der Waals surface area contributed by atoms with Crippen molar-refractivity contribution in [2.45, 2.75) is 52.2 Å². The number of aromatic nitrogens is 1. The Morgan fingerprint density at radius 2 is 1.97 bits per heavy atom. The number of hydrogen-bond acceptors (Lipinski definition) is 6. The zero-order chi connectivity index (χ0) is 25.1. The fraction of sp³-hybridized carbons (Fsp3) is 0.286. The van der Waals surface area contributed by atoms with Gasteiger partial charge in [0.05, 0.1) is 29.4 Å². The van der Waals surface area contributed by atoms with Crippen LogP contribution in [0.1, 0.15) is 59.7 Å². The van der Waals surface area contributed by atoms with Gasteiger partial charge < -0.3 is 19.4 Å². The molecule has 3 heterocycles. The smallest absolute Gasteiger partial charge is 0.460 e. The fourth-order valence-electron chi connectivity index (χ4n) is 5.09. The van der Waals surface area contributed by atoms with Gasteiger partial charge in [0.2, 0.25) is 0 Å². The first-order valence-electron chi connectivity index (χ1n) is 12.2. The Kier molecular flexibility index (Phi) is 5.67. The molecule has 2 aromatic carbocycles. The maximum absolute atomic E-state index is 13.2. The summed E-state index contributed by atoms with van der Waals surface area (Å²) in [6.45, 7) is 6.29. The molecule has 0 radical (unpaired) electrons. The summed E-state index contributed by atoms with van der Waals surface area (Å²) in [6, 6.07) is 13.2. The van der Waals surface area contributed by atoms with E-state index in [1.807, 2.05) is 51.1 Å². The molecule has 4 aromatic rings. The molecule has 1 fully saturated rings. The van der Waals surface area contributed by atoms with Crippen molar-refractivity contribution in [1.82, 2.24) is 4.98 Å². The van der Waals surface area contributed by atoms with Gasteiger partial charge in [0.25, 0.3) is 0 Å². The highest BCUT2D eigenvalue weighted by Gasteiger charge is 2.31. The molecule has 0 amide bonds. The van der Waals surface area contributed by atoms with Crippen LogP contribution in [0.25, 0.3) is 22.2 Å². The van der Waals surface area contributed by atoms with Crippen molar-refractivity contribution in [3.05, 3.63) is 85.9 Å². The van der Waals surface area contributed by atoms with Gasteiger partial charge in [-0.05, 0) is 68.4 Å². The van der Waals surface area contributed by atoms with E-state index in [0.29, 0.717) is 39.9 Å². The minimum atomic E-state index is -0.944. The normalized spacial score (nSPS) is 15.9. The van der Waals surface area contributed by atoms with Crippen LogP contribution in [0.15, 0.2) is 51.7 Å². The predicted octanol–water partition coefficient (Wildman–Crippen LogP) is 5.39. The second kappa shape index (κ2) is 8.77. The lowest BCUT2D eigenvalue weighted by Gasteiger charge is -2.20. The number of anilines is 1. The van der Waals surface area contributed by atoms with Crippen molar-refractivity contribution in [3.63, 3.8) is 0 Å². The van der Waals surface area contributed by atoms with E-state index in [-0.39, 0.29) is 11.5 Å². The minimum Gasteiger partial charge on any atom is -0.460 e. The molecule has 2 N–H and O–H groups in total. The molecule has 2 aliphatic rings. The van der Waals surface area contributed by atoms with Crippen LogP contribution in [-0.2, 0) is 11.3 Å². The third-order valence-corrected chi connectivity index (χ3v) is 7.37. The molecular weight excluding hydrogens is 475 g/mol. The van der Waals surface area contributed by atoms with E-state index in [0.717, 1.165) is 52.0 Å². The number of nitrogens with zero attached hydrogens (tertiary/aromatic N) is 1. The Balaban J connectivity index is 1.43. The number of halogens is 1. The lowest BCUT2D eigenvalue weighted by Crippen LogP contribution is -2.28. The third kappa shape index (κ3) is 4.01. The molecule has 0 saturated heterocycles. The molecule has 0 spiro atoms. The number of benzene rings is 2. The van der Waals surface area contributed by atoms with E-state index < -0.39 is 7.12 Å². The van der Waals surface area contributed by atoms with E-state index in [2.05, 4.69) is 16.4 Å². The summed E-state index contributed by atoms with van der Waals surface area (Å²) in [4.78, 5) is 17.8. The molecule has 1 aliphatic heterocycles. The monoisotopic (exact) mass is 500 g/mol. The van der Waals surface area contributed by atoms with Crippen molar-refractivity contribution in [2.75, 3.05) is 5.32 Å². The highest BCUT2D eigenvalue weighted by atomic mass is 35.5. The Labute approximate surface area is 214 Å². The molecule has 2 aromatic heterocycles. The summed E-state index contributed by atoms with van der Waals surface area (Å²) in [6.07, 6.45) is 2.12. The quantitative estimate of drug-likeness (QED) is 0.282. The van der Waals surface area contributed by atoms with Crippen LogP contribution < -0.4 is 16.2 Å². The van der Waals surface area contributed by atoms with Crippen molar-refractivity contribution in [2.24, 2.45) is 0 Å². The molecule has 6 nitrogen and oxygen atoms in total. The Morgan fingerprint density at radius 1 is 1.17 bits per heavy atom. The lowest BCUT2D eigenvalue weighted by atomic mass is 9.78. The molecule has 8 heteroatoms. The largest absolute Gasteiger partial charge is 0.491 e. The van der Waals surface area contributed by atoms with Crippen LogP contribution in [-0.4, -0.2) is 17.1 Å². The van der Waals surface area contributed by atoms with E-state index >= 15 is 0 Å². The van der Waals surface area contributed by atoms with Gasteiger partial charge in [0.1, 0.15) is 16.5 Å². The van der Waals surface area contributed by atoms with Crippen LogP contribution in [0.3, 0.4) is 0 Å². The average molecular weight is 501 g/mol. The minimum absolute atomic E-state index is 0.0445. The maximum atomic E-state index is 13.2. The van der Waals surface area contributed by atoms with Crippen molar-refractivity contribution in [1.29, 1.82) is 0 Å². The van der Waals surface area contributed by atoms with Crippen LogP contribution in [0.4, 0.5) is 5.69 Å². The van der Waals surface area contributed by atoms with Gasteiger partial charge in [-0.1, -0.05) is 35.9 Å². The first-order valence-corrected chi connectivity index (χ1v) is 12.6. The molecule has 1 saturated carbocycles. The van der Waals surface area contributed by atoms with Gasteiger partial charge in [-0.3, -0.25) is 4.79 Å². The standard InChI is InChI=1S/C28H26BClN2O4/c1-14-10-20(28-21(11-14)26(33)15(2)27(36-28)17-4-5-17)16(3)31-23-8-9-24(30)32-25(23)18-6-7-19-13-35-29(34)22(19)12-18/h6-12,16-17,31,34H,4-5,13H2,1-3H3. The molecule has 182 valence electrons. The Morgan fingerprint density at radius 3 is 2.75 bits per heavy atom. The topological polar surface area (TPSA) is 84.6 Å². The van der Waals surface area contributed by atoms with Crippen LogP contribution in [0, 0.1) is 13.8 Å². The van der Waals surface area contributed by atoms with Gasteiger partial charge >= 0.3 is 7.12 Å². The average Bonchev–Trinajstić information content (AvgIpc) is 3.64. The Bertz CT molecular complexity index is 1580. The van der Waals surface area contributed by atoms with Crippen molar-refractivity contribution >= 4 is 40.8 Å². The van der Waals surface area contributed by atoms with Gasteiger partial charge in [-0.25, -0.2) is 4.98 Å². The fourth-order valence-corrected chi connectivity index (χ4v) is 5.23. The first-order chi connectivity index (χ1) is 17.3. The van der Waals surface area contributed by atoms with Crippen molar-refractivity contribution < 1.29 is 14.1 Å². The molecular formula is C28H26BClN2O4. The Hall–Kier alpha value is -3.13. The van der Waals surface area contributed by atoms with Gasteiger partial charge in [0, 0.05) is 22.6 Å². The summed E-state index contributed by atoms with van der Waals surface area (Å²) < 4.78 is 11.8. The zero-order valence-corrected chi connectivity index (χ0v) is 21.1. The first kappa shape index (κ1) is 23.3. The molecule has 1 unspecified atom stereocenters. The maximum Gasteiger partial charge on any atom is 0.491 e. The lowest BCUT2D eigenvalue weighted by molar-refractivity contribution is 0.275. The summed E-state index contributed by atoms with van der Waals surface area (Å²) in [7, 11) is -0.944. The molecule has 36 heavy (non-hydrogen) atoms. The third-order valence-electron chi connectivity index (χ3n) is 7.16. The van der Waals surface area contributed by atoms with E-state index in [4.69, 9.17) is 20.7 Å². The summed E-state index contributed by atoms with van der Waals surface area (Å²) in [5, 5.41) is 14.7. The van der Waals surface area contributed by atoms with Gasteiger partial charge in [0.15, 0.2) is 5.43 Å².